The van der Waals surface area contributed by atoms with E-state index in [2.05, 4.69) is 22.4 Å². The second-order valence-electron chi connectivity index (χ2n) is 4.65. The molecule has 1 saturated carbocycles. The molecule has 0 saturated heterocycles. The second kappa shape index (κ2) is 3.43. The van der Waals surface area contributed by atoms with Gasteiger partial charge in [0.2, 0.25) is 0 Å². The molecular formula is C11H12ClN5. The predicted molar refractivity (Wildman–Crippen MR) is 65.6 cm³/mol. The van der Waals surface area contributed by atoms with Gasteiger partial charge in [-0.05, 0) is 48.4 Å². The van der Waals surface area contributed by atoms with Crippen molar-refractivity contribution in [3.05, 3.63) is 23.2 Å². The van der Waals surface area contributed by atoms with E-state index in [0.717, 1.165) is 18.4 Å². The van der Waals surface area contributed by atoms with E-state index in [1.54, 1.807) is 12.1 Å². The van der Waals surface area contributed by atoms with Gasteiger partial charge in [-0.3, -0.25) is 0 Å². The van der Waals surface area contributed by atoms with Crippen LogP contribution in [0.4, 0.5) is 5.69 Å². The summed E-state index contributed by atoms with van der Waals surface area (Å²) in [5.41, 5.74) is 7.17. The van der Waals surface area contributed by atoms with Gasteiger partial charge in [0.05, 0.1) is 10.6 Å². The number of benzene rings is 1. The minimum atomic E-state index is 0.0452. The average Bonchev–Trinajstić information content (AvgIpc) is 2.85. The number of hydrogen-bond acceptors (Lipinski definition) is 4. The van der Waals surface area contributed by atoms with Crippen LogP contribution in [0, 0.1) is 0 Å². The number of anilines is 1. The van der Waals surface area contributed by atoms with Gasteiger partial charge < -0.3 is 5.73 Å². The fourth-order valence-corrected chi connectivity index (χ4v) is 2.10. The zero-order valence-corrected chi connectivity index (χ0v) is 10.1. The number of nitrogens with two attached hydrogens (primary N) is 1. The summed E-state index contributed by atoms with van der Waals surface area (Å²) >= 11 is 6.17. The van der Waals surface area contributed by atoms with Crippen LogP contribution in [-0.4, -0.2) is 20.2 Å². The van der Waals surface area contributed by atoms with Crippen molar-refractivity contribution in [1.82, 2.24) is 20.2 Å². The maximum absolute atomic E-state index is 6.17. The van der Waals surface area contributed by atoms with Crippen LogP contribution in [0.3, 0.4) is 0 Å². The van der Waals surface area contributed by atoms with Crippen LogP contribution in [0.5, 0.6) is 0 Å². The van der Waals surface area contributed by atoms with Crippen molar-refractivity contribution in [1.29, 1.82) is 0 Å². The van der Waals surface area contributed by atoms with E-state index in [-0.39, 0.29) is 5.54 Å². The van der Waals surface area contributed by atoms with E-state index in [1.807, 2.05) is 10.7 Å². The Labute approximate surface area is 104 Å². The van der Waals surface area contributed by atoms with Gasteiger partial charge >= 0.3 is 0 Å². The van der Waals surface area contributed by atoms with Gasteiger partial charge in [0.1, 0.15) is 0 Å². The third-order valence-electron chi connectivity index (χ3n) is 3.19. The van der Waals surface area contributed by atoms with Crippen molar-refractivity contribution < 1.29 is 0 Å². The third-order valence-corrected chi connectivity index (χ3v) is 3.50. The largest absolute Gasteiger partial charge is 0.399 e. The van der Waals surface area contributed by atoms with E-state index >= 15 is 0 Å². The summed E-state index contributed by atoms with van der Waals surface area (Å²) in [6.45, 7) is 2.14. The highest BCUT2D eigenvalue weighted by atomic mass is 35.5. The molecule has 1 heterocycles. The normalized spacial score (nSPS) is 17.1. The number of halogens is 1. The molecule has 0 spiro atoms. The molecule has 1 aromatic heterocycles. The Hall–Kier alpha value is -1.62. The summed E-state index contributed by atoms with van der Waals surface area (Å²) in [6, 6.07) is 5.37. The van der Waals surface area contributed by atoms with Crippen molar-refractivity contribution in [2.45, 2.75) is 25.3 Å². The summed E-state index contributed by atoms with van der Waals surface area (Å²) in [5, 5.41) is 12.4. The number of aromatic nitrogens is 4. The van der Waals surface area contributed by atoms with Crippen LogP contribution < -0.4 is 5.73 Å². The van der Waals surface area contributed by atoms with E-state index in [0.29, 0.717) is 16.5 Å². The molecule has 1 aliphatic carbocycles. The van der Waals surface area contributed by atoms with E-state index in [1.165, 1.54) is 0 Å². The van der Waals surface area contributed by atoms with Crippen LogP contribution in [0.2, 0.25) is 5.02 Å². The third kappa shape index (κ3) is 1.67. The fourth-order valence-electron chi connectivity index (χ4n) is 1.82. The molecule has 2 N–H and O–H groups in total. The maximum atomic E-state index is 6.17. The molecule has 0 amide bonds. The van der Waals surface area contributed by atoms with Crippen molar-refractivity contribution in [2.75, 3.05) is 5.73 Å². The van der Waals surface area contributed by atoms with Crippen molar-refractivity contribution in [3.63, 3.8) is 0 Å². The Morgan fingerprint density at radius 1 is 1.41 bits per heavy atom. The molecule has 0 atom stereocenters. The van der Waals surface area contributed by atoms with Crippen molar-refractivity contribution in [3.8, 4) is 11.4 Å². The highest BCUT2D eigenvalue weighted by Gasteiger charge is 2.42. The molecule has 1 aromatic carbocycles. The van der Waals surface area contributed by atoms with Gasteiger partial charge in [-0.25, -0.2) is 4.68 Å². The number of nitrogen functional groups attached to an aromatic ring is 1. The molecule has 5 nitrogen and oxygen atoms in total. The lowest BCUT2D eigenvalue weighted by atomic mass is 10.2. The van der Waals surface area contributed by atoms with E-state index in [9.17, 15) is 0 Å². The Morgan fingerprint density at radius 2 is 2.18 bits per heavy atom. The number of rotatable bonds is 2. The first kappa shape index (κ1) is 10.5. The number of nitrogens with zero attached hydrogens (tertiary/aromatic N) is 4. The van der Waals surface area contributed by atoms with Crippen LogP contribution in [-0.2, 0) is 5.54 Å². The highest BCUT2D eigenvalue weighted by molar-refractivity contribution is 6.33. The fraction of sp³-hybridized carbons (Fsp3) is 0.364. The summed E-state index contributed by atoms with van der Waals surface area (Å²) in [7, 11) is 0. The Bertz CT molecular complexity index is 573. The number of hydrogen-bond donors (Lipinski definition) is 1. The molecule has 88 valence electrons. The molecule has 17 heavy (non-hydrogen) atoms. The summed E-state index contributed by atoms with van der Waals surface area (Å²) < 4.78 is 1.85. The minimum Gasteiger partial charge on any atom is -0.399 e. The first-order chi connectivity index (χ1) is 8.10. The maximum Gasteiger partial charge on any atom is 0.184 e. The van der Waals surface area contributed by atoms with Gasteiger partial charge in [-0.1, -0.05) is 11.6 Å². The van der Waals surface area contributed by atoms with Crippen LogP contribution in [0.15, 0.2) is 18.2 Å². The van der Waals surface area contributed by atoms with Gasteiger partial charge in [0, 0.05) is 11.3 Å². The van der Waals surface area contributed by atoms with Gasteiger partial charge in [-0.15, -0.1) is 5.10 Å². The Balaban J connectivity index is 2.13. The lowest BCUT2D eigenvalue weighted by Gasteiger charge is -2.11. The van der Waals surface area contributed by atoms with E-state index in [4.69, 9.17) is 17.3 Å². The lowest BCUT2D eigenvalue weighted by Crippen LogP contribution is -2.15. The van der Waals surface area contributed by atoms with Gasteiger partial charge in [0.15, 0.2) is 5.82 Å². The Kier molecular flexibility index (Phi) is 2.13. The zero-order chi connectivity index (χ0) is 12.0. The summed E-state index contributed by atoms with van der Waals surface area (Å²) in [6.07, 6.45) is 2.19. The molecule has 1 aliphatic rings. The molecule has 2 aromatic rings. The first-order valence-corrected chi connectivity index (χ1v) is 5.82. The van der Waals surface area contributed by atoms with Crippen LogP contribution >= 0.6 is 11.6 Å². The minimum absolute atomic E-state index is 0.0452. The monoisotopic (exact) mass is 249 g/mol. The quantitative estimate of drug-likeness (QED) is 0.828. The zero-order valence-electron chi connectivity index (χ0n) is 9.39. The molecule has 6 heteroatoms. The molecular weight excluding hydrogens is 238 g/mol. The van der Waals surface area contributed by atoms with Crippen molar-refractivity contribution in [2.24, 2.45) is 0 Å². The predicted octanol–water partition coefficient (Wildman–Crippen LogP) is 2.08. The molecule has 1 fully saturated rings. The standard InChI is InChI=1S/C11H12ClN5/c1-11(4-5-11)17-10(14-15-16-17)8-3-2-7(13)6-9(8)12/h2-3,6H,4-5,13H2,1H3. The Morgan fingerprint density at radius 3 is 2.82 bits per heavy atom. The molecule has 0 unspecified atom stereocenters. The highest BCUT2D eigenvalue weighted by Crippen LogP contribution is 2.44. The SMILES string of the molecule is CC1(n2nnnc2-c2ccc(N)cc2Cl)CC1. The molecule has 0 radical (unpaired) electrons. The summed E-state index contributed by atoms with van der Waals surface area (Å²) in [4.78, 5) is 0. The second-order valence-corrected chi connectivity index (χ2v) is 5.06. The van der Waals surface area contributed by atoms with Gasteiger partial charge in [-0.2, -0.15) is 0 Å². The smallest absolute Gasteiger partial charge is 0.184 e. The van der Waals surface area contributed by atoms with E-state index < -0.39 is 0 Å². The molecule has 3 rings (SSSR count). The molecule has 0 bridgehead atoms. The topological polar surface area (TPSA) is 69.6 Å². The lowest BCUT2D eigenvalue weighted by molar-refractivity contribution is 0.463. The average molecular weight is 250 g/mol. The summed E-state index contributed by atoms with van der Waals surface area (Å²) in [5.74, 6) is 0.704. The molecule has 0 aliphatic heterocycles. The van der Waals surface area contributed by atoms with Gasteiger partial charge in [0.25, 0.3) is 0 Å². The van der Waals surface area contributed by atoms with Crippen LogP contribution in [0.1, 0.15) is 19.8 Å². The first-order valence-electron chi connectivity index (χ1n) is 5.44. The van der Waals surface area contributed by atoms with Crippen molar-refractivity contribution >= 4 is 17.3 Å². The van der Waals surface area contributed by atoms with Crippen LogP contribution in [0.25, 0.3) is 11.4 Å². The number of tetrazole rings is 1.